The Balaban J connectivity index is 1.52. The number of aryl methyl sites for hydroxylation is 1. The molecule has 2 heterocycles. The molecule has 1 aromatic carbocycles. The minimum absolute atomic E-state index is 0.00624. The van der Waals surface area contributed by atoms with Crippen LogP contribution in [0.2, 0.25) is 0 Å². The number of amides is 2. The Morgan fingerprint density at radius 1 is 1.23 bits per heavy atom. The number of benzene rings is 1. The van der Waals surface area contributed by atoms with Crippen molar-refractivity contribution in [1.82, 2.24) is 20.6 Å². The summed E-state index contributed by atoms with van der Waals surface area (Å²) in [6.45, 7) is 2.30. The number of rotatable bonds is 8. The van der Waals surface area contributed by atoms with Crippen LogP contribution in [0.4, 0.5) is 0 Å². The molecule has 2 N–H and O–H groups in total. The molecule has 0 aliphatic heterocycles. The van der Waals surface area contributed by atoms with Gasteiger partial charge in [0, 0.05) is 12.0 Å². The van der Waals surface area contributed by atoms with E-state index >= 15 is 0 Å². The van der Waals surface area contributed by atoms with Gasteiger partial charge < -0.3 is 13.9 Å². The summed E-state index contributed by atoms with van der Waals surface area (Å²) in [5.41, 5.74) is 4.90. The predicted octanol–water partition coefficient (Wildman–Crippen LogP) is 1.82. The zero-order valence-corrected chi connectivity index (χ0v) is 17.2. The summed E-state index contributed by atoms with van der Waals surface area (Å²) in [4.78, 5) is 36.8. The summed E-state index contributed by atoms with van der Waals surface area (Å²) in [7, 11) is 1.47. The monoisotopic (exact) mass is 432 g/mol. The first kappa shape index (κ1) is 21.1. The van der Waals surface area contributed by atoms with Gasteiger partial charge in [-0.2, -0.15) is 4.68 Å². The highest BCUT2D eigenvalue weighted by molar-refractivity contribution is 7.13. The van der Waals surface area contributed by atoms with E-state index in [-0.39, 0.29) is 24.4 Å². The standard InChI is InChI=1S/C19H20N4O6S/c1-3-28-13-7-6-12(11-14(13)27-2)17(25)21-20-16(24)8-9-23-19(26)29-18(22-23)15-5-4-10-30-15/h4-7,10-11H,3,8-9H2,1-2H3,(H,20,24)(H,21,25). The maximum atomic E-state index is 12.2. The number of ether oxygens (including phenoxy) is 2. The molecule has 0 saturated carbocycles. The van der Waals surface area contributed by atoms with E-state index in [0.29, 0.717) is 23.0 Å². The molecule has 0 fully saturated rings. The lowest BCUT2D eigenvalue weighted by Crippen LogP contribution is -2.42. The Morgan fingerprint density at radius 3 is 2.77 bits per heavy atom. The molecule has 11 heteroatoms. The van der Waals surface area contributed by atoms with Crippen LogP contribution in [0.5, 0.6) is 11.5 Å². The van der Waals surface area contributed by atoms with Crippen molar-refractivity contribution in [3.05, 3.63) is 51.8 Å². The highest BCUT2D eigenvalue weighted by atomic mass is 32.1. The van der Waals surface area contributed by atoms with Gasteiger partial charge in [-0.3, -0.25) is 20.4 Å². The summed E-state index contributed by atoms with van der Waals surface area (Å²) in [5, 5.41) is 5.90. The fraction of sp³-hybridized carbons (Fsp3) is 0.263. The third-order valence-electron chi connectivity index (χ3n) is 3.93. The smallest absolute Gasteiger partial charge is 0.437 e. The lowest BCUT2D eigenvalue weighted by Gasteiger charge is -2.11. The van der Waals surface area contributed by atoms with Gasteiger partial charge in [0.15, 0.2) is 11.5 Å². The van der Waals surface area contributed by atoms with Crippen LogP contribution in [-0.2, 0) is 11.3 Å². The molecule has 0 aliphatic rings. The van der Waals surface area contributed by atoms with E-state index in [1.165, 1.54) is 24.5 Å². The van der Waals surface area contributed by atoms with E-state index in [4.69, 9.17) is 13.9 Å². The molecule has 3 rings (SSSR count). The summed E-state index contributed by atoms with van der Waals surface area (Å²) in [6, 6.07) is 8.26. The SMILES string of the molecule is CCOc1ccc(C(=O)NNC(=O)CCn2nc(-c3cccs3)oc2=O)cc1OC. The number of hydrazine groups is 1. The molecule has 0 saturated heterocycles. The van der Waals surface area contributed by atoms with Gasteiger partial charge in [-0.05, 0) is 36.6 Å². The lowest BCUT2D eigenvalue weighted by atomic mass is 10.2. The van der Waals surface area contributed by atoms with E-state index in [1.807, 2.05) is 18.4 Å². The average molecular weight is 432 g/mol. The van der Waals surface area contributed by atoms with Gasteiger partial charge in [0.25, 0.3) is 11.8 Å². The average Bonchev–Trinajstić information content (AvgIpc) is 3.40. The predicted molar refractivity (Wildman–Crippen MR) is 108 cm³/mol. The van der Waals surface area contributed by atoms with Crippen LogP contribution in [-0.4, -0.2) is 35.3 Å². The van der Waals surface area contributed by atoms with Gasteiger partial charge in [0.2, 0.25) is 5.91 Å². The molecule has 0 aliphatic carbocycles. The van der Waals surface area contributed by atoms with Crippen molar-refractivity contribution in [2.75, 3.05) is 13.7 Å². The van der Waals surface area contributed by atoms with Crippen LogP contribution in [0.25, 0.3) is 10.8 Å². The maximum absolute atomic E-state index is 12.2. The molecule has 0 radical (unpaired) electrons. The van der Waals surface area contributed by atoms with Crippen LogP contribution < -0.4 is 26.1 Å². The Kier molecular flexibility index (Phi) is 6.86. The van der Waals surface area contributed by atoms with E-state index in [9.17, 15) is 14.4 Å². The zero-order valence-electron chi connectivity index (χ0n) is 16.3. The van der Waals surface area contributed by atoms with Gasteiger partial charge in [-0.15, -0.1) is 16.4 Å². The van der Waals surface area contributed by atoms with Crippen molar-refractivity contribution < 1.29 is 23.5 Å². The molecule has 0 spiro atoms. The van der Waals surface area contributed by atoms with Crippen molar-refractivity contribution >= 4 is 23.2 Å². The summed E-state index contributed by atoms with van der Waals surface area (Å²) >= 11 is 1.39. The Labute approximate surface area is 175 Å². The van der Waals surface area contributed by atoms with Crippen LogP contribution in [0, 0.1) is 0 Å². The molecule has 30 heavy (non-hydrogen) atoms. The number of carbonyl (C=O) groups is 2. The third kappa shape index (κ3) is 5.06. The van der Waals surface area contributed by atoms with Gasteiger partial charge in [0.05, 0.1) is 25.1 Å². The first-order valence-electron chi connectivity index (χ1n) is 9.03. The number of hydrogen-bond donors (Lipinski definition) is 2. The van der Waals surface area contributed by atoms with Crippen LogP contribution in [0.15, 0.2) is 44.9 Å². The Hall–Kier alpha value is -3.60. The second kappa shape index (κ2) is 9.74. The zero-order chi connectivity index (χ0) is 21.5. The summed E-state index contributed by atoms with van der Waals surface area (Å²) in [6.07, 6.45) is -0.0802. The summed E-state index contributed by atoms with van der Waals surface area (Å²) < 4.78 is 16.7. The number of nitrogens with zero attached hydrogens (tertiary/aromatic N) is 2. The van der Waals surface area contributed by atoms with Crippen LogP contribution in [0.3, 0.4) is 0 Å². The summed E-state index contributed by atoms with van der Waals surface area (Å²) in [5.74, 6) is -0.551. The van der Waals surface area contributed by atoms with E-state index in [0.717, 1.165) is 4.68 Å². The van der Waals surface area contributed by atoms with Crippen LogP contribution in [0.1, 0.15) is 23.7 Å². The number of carbonyl (C=O) groups excluding carboxylic acids is 2. The largest absolute Gasteiger partial charge is 0.493 e. The molecular weight excluding hydrogens is 412 g/mol. The molecule has 10 nitrogen and oxygen atoms in total. The number of hydrogen-bond acceptors (Lipinski definition) is 8. The molecule has 0 atom stereocenters. The van der Waals surface area contributed by atoms with Gasteiger partial charge in [0.1, 0.15) is 0 Å². The lowest BCUT2D eigenvalue weighted by molar-refractivity contribution is -0.122. The number of aromatic nitrogens is 2. The van der Waals surface area contributed by atoms with E-state index < -0.39 is 17.6 Å². The van der Waals surface area contributed by atoms with E-state index in [2.05, 4.69) is 16.0 Å². The van der Waals surface area contributed by atoms with Crippen molar-refractivity contribution in [2.24, 2.45) is 0 Å². The normalized spacial score (nSPS) is 10.5. The molecule has 158 valence electrons. The third-order valence-corrected chi connectivity index (χ3v) is 4.79. The molecule has 2 aromatic heterocycles. The second-order valence-corrected chi connectivity index (χ2v) is 6.87. The van der Waals surface area contributed by atoms with Gasteiger partial charge in [-0.1, -0.05) is 6.07 Å². The first-order valence-corrected chi connectivity index (χ1v) is 9.91. The van der Waals surface area contributed by atoms with Crippen molar-refractivity contribution in [3.63, 3.8) is 0 Å². The number of thiophene rings is 1. The molecule has 3 aromatic rings. The van der Waals surface area contributed by atoms with Gasteiger partial charge in [-0.25, -0.2) is 4.79 Å². The van der Waals surface area contributed by atoms with Crippen LogP contribution >= 0.6 is 11.3 Å². The van der Waals surface area contributed by atoms with Crippen molar-refractivity contribution in [2.45, 2.75) is 19.9 Å². The van der Waals surface area contributed by atoms with E-state index in [1.54, 1.807) is 18.2 Å². The number of nitrogens with one attached hydrogen (secondary N) is 2. The van der Waals surface area contributed by atoms with Gasteiger partial charge >= 0.3 is 5.76 Å². The quantitative estimate of drug-likeness (QED) is 0.520. The number of methoxy groups -OCH3 is 1. The Bertz CT molecular complexity index is 1070. The van der Waals surface area contributed by atoms with Crippen molar-refractivity contribution in [1.29, 1.82) is 0 Å². The highest BCUT2D eigenvalue weighted by Crippen LogP contribution is 2.28. The minimum atomic E-state index is -0.656. The fourth-order valence-electron chi connectivity index (χ4n) is 2.50. The fourth-order valence-corrected chi connectivity index (χ4v) is 3.14. The minimum Gasteiger partial charge on any atom is -0.493 e. The molecule has 0 unspecified atom stereocenters. The topological polar surface area (TPSA) is 125 Å². The molecular formula is C19H20N4O6S. The molecule has 0 bridgehead atoms. The Morgan fingerprint density at radius 2 is 2.07 bits per heavy atom. The highest BCUT2D eigenvalue weighted by Gasteiger charge is 2.14. The van der Waals surface area contributed by atoms with Crippen molar-refractivity contribution in [3.8, 4) is 22.3 Å². The first-order chi connectivity index (χ1) is 14.5. The maximum Gasteiger partial charge on any atom is 0.437 e. The molecule has 2 amide bonds. The second-order valence-electron chi connectivity index (χ2n) is 5.92.